The van der Waals surface area contributed by atoms with Gasteiger partial charge in [0.1, 0.15) is 4.90 Å². The van der Waals surface area contributed by atoms with Crippen molar-refractivity contribution in [1.82, 2.24) is 4.31 Å². The van der Waals surface area contributed by atoms with Gasteiger partial charge < -0.3 is 5.11 Å². The van der Waals surface area contributed by atoms with Crippen LogP contribution in [0.2, 0.25) is 0 Å². The quantitative estimate of drug-likeness (QED) is 0.872. The lowest BCUT2D eigenvalue weighted by Gasteiger charge is -2.21. The standard InChI is InChI=1S/C13H17F2NO4S/c1-4-8(2)7-16(3)21(19,20)11-6-9(13(17)18)5-10(14)12(11)15/h5-6,8H,4,7H2,1-3H3,(H,17,18). The minimum Gasteiger partial charge on any atom is -0.478 e. The van der Waals surface area contributed by atoms with Crippen molar-refractivity contribution in [1.29, 1.82) is 0 Å². The Morgan fingerprint density at radius 1 is 1.38 bits per heavy atom. The van der Waals surface area contributed by atoms with Gasteiger partial charge in [0, 0.05) is 13.6 Å². The van der Waals surface area contributed by atoms with Crippen LogP contribution in [-0.2, 0) is 10.0 Å². The van der Waals surface area contributed by atoms with Crippen LogP contribution in [0.15, 0.2) is 17.0 Å². The molecule has 0 bridgehead atoms. The summed E-state index contributed by atoms with van der Waals surface area (Å²) < 4.78 is 52.6. The molecule has 0 radical (unpaired) electrons. The Morgan fingerprint density at radius 3 is 2.43 bits per heavy atom. The van der Waals surface area contributed by atoms with E-state index in [1.165, 1.54) is 7.05 Å². The van der Waals surface area contributed by atoms with Gasteiger partial charge in [-0.05, 0) is 18.1 Å². The predicted octanol–water partition coefficient (Wildman–Crippen LogP) is 2.33. The Hall–Kier alpha value is -1.54. The Morgan fingerprint density at radius 2 is 1.95 bits per heavy atom. The van der Waals surface area contributed by atoms with Crippen molar-refractivity contribution < 1.29 is 27.1 Å². The number of carbonyl (C=O) groups is 1. The topological polar surface area (TPSA) is 74.7 Å². The van der Waals surface area contributed by atoms with Crippen LogP contribution in [0.5, 0.6) is 0 Å². The van der Waals surface area contributed by atoms with E-state index in [-0.39, 0.29) is 12.5 Å². The van der Waals surface area contributed by atoms with Crippen LogP contribution in [-0.4, -0.2) is 37.4 Å². The molecule has 5 nitrogen and oxygen atoms in total. The summed E-state index contributed by atoms with van der Waals surface area (Å²) in [6.07, 6.45) is 0.714. The highest BCUT2D eigenvalue weighted by molar-refractivity contribution is 7.89. The number of carboxylic acids is 1. The smallest absolute Gasteiger partial charge is 0.335 e. The van der Waals surface area contributed by atoms with Gasteiger partial charge in [0.05, 0.1) is 5.56 Å². The van der Waals surface area contributed by atoms with E-state index in [2.05, 4.69) is 0 Å². The number of aromatic carboxylic acids is 1. The molecule has 0 heterocycles. The zero-order valence-corrected chi connectivity index (χ0v) is 12.7. The SMILES string of the molecule is CCC(C)CN(C)S(=O)(=O)c1cc(C(=O)O)cc(F)c1F. The zero-order valence-electron chi connectivity index (χ0n) is 11.9. The van der Waals surface area contributed by atoms with Gasteiger partial charge in [-0.2, -0.15) is 0 Å². The molecule has 0 saturated heterocycles. The monoisotopic (exact) mass is 321 g/mol. The molecule has 1 unspecified atom stereocenters. The molecule has 0 spiro atoms. The number of hydrogen-bond acceptors (Lipinski definition) is 3. The molecule has 1 aromatic rings. The lowest BCUT2D eigenvalue weighted by Crippen LogP contribution is -2.32. The van der Waals surface area contributed by atoms with Gasteiger partial charge in [-0.1, -0.05) is 20.3 Å². The third-order valence-corrected chi connectivity index (χ3v) is 5.02. The fourth-order valence-electron chi connectivity index (χ4n) is 1.71. The van der Waals surface area contributed by atoms with Gasteiger partial charge >= 0.3 is 5.97 Å². The maximum absolute atomic E-state index is 13.7. The average Bonchev–Trinajstić information content (AvgIpc) is 2.40. The Kier molecular flexibility index (Phi) is 5.41. The van der Waals surface area contributed by atoms with Crippen molar-refractivity contribution in [3.8, 4) is 0 Å². The molecule has 1 atom stereocenters. The third-order valence-electron chi connectivity index (χ3n) is 3.20. The number of sulfonamides is 1. The number of benzene rings is 1. The molecule has 0 aliphatic heterocycles. The van der Waals surface area contributed by atoms with Crippen molar-refractivity contribution in [3.63, 3.8) is 0 Å². The molecule has 0 aliphatic rings. The lowest BCUT2D eigenvalue weighted by atomic mass is 10.1. The lowest BCUT2D eigenvalue weighted by molar-refractivity contribution is 0.0696. The minimum absolute atomic E-state index is 0.0281. The number of hydrogen-bond donors (Lipinski definition) is 1. The van der Waals surface area contributed by atoms with Crippen LogP contribution in [0.1, 0.15) is 30.6 Å². The maximum Gasteiger partial charge on any atom is 0.335 e. The van der Waals surface area contributed by atoms with E-state index in [0.717, 1.165) is 4.31 Å². The summed E-state index contributed by atoms with van der Waals surface area (Å²) in [4.78, 5) is 9.87. The zero-order chi connectivity index (χ0) is 16.4. The average molecular weight is 321 g/mol. The first-order valence-corrected chi connectivity index (χ1v) is 7.73. The fraction of sp³-hybridized carbons (Fsp3) is 0.462. The van der Waals surface area contributed by atoms with Crippen LogP contribution in [0.25, 0.3) is 0 Å². The number of nitrogens with zero attached hydrogens (tertiary/aromatic N) is 1. The second-order valence-corrected chi connectivity index (χ2v) is 6.89. The largest absolute Gasteiger partial charge is 0.478 e. The molecule has 0 saturated carbocycles. The van der Waals surface area contributed by atoms with Gasteiger partial charge in [0.25, 0.3) is 0 Å². The highest BCUT2D eigenvalue weighted by atomic mass is 32.2. The Balaban J connectivity index is 3.34. The van der Waals surface area contributed by atoms with Gasteiger partial charge in [-0.25, -0.2) is 26.3 Å². The highest BCUT2D eigenvalue weighted by Crippen LogP contribution is 2.23. The Bertz CT molecular complexity index is 646. The van der Waals surface area contributed by atoms with Crippen molar-refractivity contribution in [2.45, 2.75) is 25.2 Å². The molecule has 1 rings (SSSR count). The first-order chi connectivity index (χ1) is 9.61. The van der Waals surface area contributed by atoms with Gasteiger partial charge in [-0.3, -0.25) is 0 Å². The molecular formula is C13H17F2NO4S. The van der Waals surface area contributed by atoms with Crippen LogP contribution in [0.4, 0.5) is 8.78 Å². The van der Waals surface area contributed by atoms with Crippen LogP contribution >= 0.6 is 0 Å². The molecule has 1 N–H and O–H groups in total. The molecule has 0 amide bonds. The summed E-state index contributed by atoms with van der Waals surface area (Å²) >= 11 is 0. The van der Waals surface area contributed by atoms with Crippen molar-refractivity contribution in [2.75, 3.05) is 13.6 Å². The van der Waals surface area contributed by atoms with Gasteiger partial charge in [-0.15, -0.1) is 0 Å². The summed E-state index contributed by atoms with van der Waals surface area (Å²) in [6.45, 7) is 3.81. The second kappa shape index (κ2) is 6.48. The number of rotatable bonds is 6. The van der Waals surface area contributed by atoms with Crippen LogP contribution < -0.4 is 0 Å². The van der Waals surface area contributed by atoms with E-state index in [4.69, 9.17) is 5.11 Å². The summed E-state index contributed by atoms with van der Waals surface area (Å²) in [5.41, 5.74) is -0.621. The van der Waals surface area contributed by atoms with Crippen LogP contribution in [0.3, 0.4) is 0 Å². The van der Waals surface area contributed by atoms with E-state index in [1.807, 2.05) is 13.8 Å². The van der Waals surface area contributed by atoms with Crippen LogP contribution in [0, 0.1) is 17.6 Å². The molecule has 118 valence electrons. The van der Waals surface area contributed by atoms with E-state index < -0.39 is 38.1 Å². The molecule has 0 fully saturated rings. The maximum atomic E-state index is 13.7. The van der Waals surface area contributed by atoms with Gasteiger partial charge in [0.15, 0.2) is 11.6 Å². The predicted molar refractivity (Wildman–Crippen MR) is 72.6 cm³/mol. The number of carboxylic acid groups (broad SMARTS) is 1. The first kappa shape index (κ1) is 17.5. The molecular weight excluding hydrogens is 304 g/mol. The summed E-state index contributed by atoms with van der Waals surface area (Å²) in [5, 5.41) is 8.81. The second-order valence-electron chi connectivity index (χ2n) is 4.87. The van der Waals surface area contributed by atoms with E-state index in [1.54, 1.807) is 0 Å². The third kappa shape index (κ3) is 3.76. The molecule has 0 aromatic heterocycles. The summed E-state index contributed by atoms with van der Waals surface area (Å²) in [7, 11) is -3.06. The van der Waals surface area contributed by atoms with Crippen molar-refractivity contribution in [2.24, 2.45) is 5.92 Å². The molecule has 0 aliphatic carbocycles. The summed E-state index contributed by atoms with van der Waals surface area (Å²) in [5.74, 6) is -4.59. The minimum atomic E-state index is -4.30. The molecule has 8 heteroatoms. The molecule has 1 aromatic carbocycles. The van der Waals surface area contributed by atoms with E-state index >= 15 is 0 Å². The Labute approximate surface area is 122 Å². The number of halogens is 2. The fourth-order valence-corrected chi connectivity index (χ4v) is 3.10. The van der Waals surface area contributed by atoms with Crippen molar-refractivity contribution >= 4 is 16.0 Å². The van der Waals surface area contributed by atoms with E-state index in [0.29, 0.717) is 18.6 Å². The normalized spacial score (nSPS) is 13.4. The molecule has 21 heavy (non-hydrogen) atoms. The first-order valence-electron chi connectivity index (χ1n) is 6.29. The van der Waals surface area contributed by atoms with E-state index in [9.17, 15) is 22.0 Å². The highest BCUT2D eigenvalue weighted by Gasteiger charge is 2.28. The van der Waals surface area contributed by atoms with Crippen molar-refractivity contribution in [3.05, 3.63) is 29.3 Å². The summed E-state index contributed by atoms with van der Waals surface area (Å²) in [6, 6.07) is 1.08. The van der Waals surface area contributed by atoms with Gasteiger partial charge in [0.2, 0.25) is 10.0 Å².